The maximum Gasteiger partial charge on any atom is 0.321 e. The lowest BCUT2D eigenvalue weighted by molar-refractivity contribution is -0.140. The molecule has 0 saturated carbocycles. The van der Waals surface area contributed by atoms with E-state index in [4.69, 9.17) is 0 Å². The standard InChI is InChI=1S/C26H34N4O5S/c1-17(2)22(24(32)33)29-36(34,35)26(14-12-20(13-15-26)19-10-8-7-9-11-19)27-23(31)21-16-18(3)28-30(21)25(4,5)6/h7-17,20,22,29H,1-6H3,(H,27,31)(H,32,33)/t20?,22-,26?/m0/s1. The van der Waals surface area contributed by atoms with Gasteiger partial charge in [-0.15, -0.1) is 0 Å². The van der Waals surface area contributed by atoms with Gasteiger partial charge in [-0.1, -0.05) is 56.3 Å². The number of hydrogen-bond donors (Lipinski definition) is 3. The maximum absolute atomic E-state index is 13.7. The minimum Gasteiger partial charge on any atom is -0.480 e. The molecule has 0 fully saturated rings. The number of allylic oxidation sites excluding steroid dienone is 2. The van der Waals surface area contributed by atoms with Crippen molar-refractivity contribution in [3.05, 3.63) is 77.7 Å². The first-order valence-corrected chi connectivity index (χ1v) is 13.2. The first-order chi connectivity index (χ1) is 16.7. The highest BCUT2D eigenvalue weighted by Gasteiger charge is 2.45. The van der Waals surface area contributed by atoms with Crippen LogP contribution in [0.25, 0.3) is 0 Å². The molecular formula is C26H34N4O5S. The molecule has 0 radical (unpaired) electrons. The number of carboxylic acids is 1. The van der Waals surface area contributed by atoms with Crippen molar-refractivity contribution in [2.24, 2.45) is 5.92 Å². The molecule has 1 aliphatic carbocycles. The van der Waals surface area contributed by atoms with Gasteiger partial charge in [0.25, 0.3) is 5.91 Å². The third-order valence-corrected chi connectivity index (χ3v) is 7.78. The molecule has 10 heteroatoms. The average Bonchev–Trinajstić information content (AvgIpc) is 3.21. The van der Waals surface area contributed by atoms with Crippen molar-refractivity contribution in [1.82, 2.24) is 19.8 Å². The van der Waals surface area contributed by atoms with Gasteiger partial charge in [0.05, 0.1) is 11.2 Å². The van der Waals surface area contributed by atoms with Gasteiger partial charge in [-0.2, -0.15) is 9.82 Å². The molecular weight excluding hydrogens is 480 g/mol. The fraction of sp³-hybridized carbons (Fsp3) is 0.423. The van der Waals surface area contributed by atoms with Gasteiger partial charge in [0, 0.05) is 5.92 Å². The molecule has 1 atom stereocenters. The molecule has 0 aliphatic heterocycles. The van der Waals surface area contributed by atoms with Crippen molar-refractivity contribution in [3.63, 3.8) is 0 Å². The van der Waals surface area contributed by atoms with Gasteiger partial charge in [-0.25, -0.2) is 8.42 Å². The van der Waals surface area contributed by atoms with Gasteiger partial charge in [0.1, 0.15) is 11.7 Å². The van der Waals surface area contributed by atoms with E-state index in [1.165, 1.54) is 12.2 Å². The Balaban J connectivity index is 2.06. The summed E-state index contributed by atoms with van der Waals surface area (Å²) in [6, 6.07) is 9.70. The number of carboxylic acid groups (broad SMARTS) is 1. The van der Waals surface area contributed by atoms with Crippen LogP contribution in [0.5, 0.6) is 0 Å². The first-order valence-electron chi connectivity index (χ1n) is 11.7. The number of aromatic nitrogens is 2. The summed E-state index contributed by atoms with van der Waals surface area (Å²) in [7, 11) is -4.45. The van der Waals surface area contributed by atoms with E-state index >= 15 is 0 Å². The minimum atomic E-state index is -4.45. The molecule has 0 bridgehead atoms. The molecule has 0 spiro atoms. The van der Waals surface area contributed by atoms with Crippen LogP contribution in [0.15, 0.2) is 60.7 Å². The zero-order valence-corrected chi connectivity index (χ0v) is 22.2. The molecule has 1 heterocycles. The van der Waals surface area contributed by atoms with Gasteiger partial charge in [-0.3, -0.25) is 14.3 Å². The van der Waals surface area contributed by atoms with Gasteiger partial charge in [0.15, 0.2) is 4.87 Å². The van der Waals surface area contributed by atoms with Crippen molar-refractivity contribution in [3.8, 4) is 0 Å². The number of nitrogens with zero attached hydrogens (tertiary/aromatic N) is 2. The summed E-state index contributed by atoms with van der Waals surface area (Å²) in [4.78, 5) is 23.3. The molecule has 1 aromatic heterocycles. The van der Waals surface area contributed by atoms with Crippen molar-refractivity contribution >= 4 is 21.9 Å². The Morgan fingerprint density at radius 1 is 1.11 bits per heavy atom. The first kappa shape index (κ1) is 27.3. The topological polar surface area (TPSA) is 130 Å². The highest BCUT2D eigenvalue weighted by Crippen LogP contribution is 2.31. The van der Waals surface area contributed by atoms with Crippen LogP contribution in [0, 0.1) is 12.8 Å². The summed E-state index contributed by atoms with van der Waals surface area (Å²) in [5, 5.41) is 16.7. The lowest BCUT2D eigenvalue weighted by Gasteiger charge is -2.34. The van der Waals surface area contributed by atoms with Crippen LogP contribution >= 0.6 is 0 Å². The Morgan fingerprint density at radius 2 is 1.69 bits per heavy atom. The van der Waals surface area contributed by atoms with E-state index in [-0.39, 0.29) is 11.6 Å². The Hall–Kier alpha value is -3.24. The van der Waals surface area contributed by atoms with Crippen LogP contribution in [0.2, 0.25) is 0 Å². The van der Waals surface area contributed by atoms with Crippen molar-refractivity contribution in [2.75, 3.05) is 0 Å². The minimum absolute atomic E-state index is 0.195. The average molecular weight is 515 g/mol. The van der Waals surface area contributed by atoms with E-state index in [2.05, 4.69) is 15.1 Å². The third-order valence-electron chi connectivity index (χ3n) is 5.95. The van der Waals surface area contributed by atoms with E-state index < -0.39 is 44.3 Å². The number of amides is 1. The lowest BCUT2D eigenvalue weighted by atomic mass is 9.93. The van der Waals surface area contributed by atoms with E-state index in [9.17, 15) is 23.1 Å². The Kier molecular flexibility index (Phi) is 7.61. The van der Waals surface area contributed by atoms with E-state index in [0.717, 1.165) is 5.56 Å². The number of rotatable bonds is 8. The van der Waals surface area contributed by atoms with E-state index in [1.807, 2.05) is 51.1 Å². The van der Waals surface area contributed by atoms with Gasteiger partial charge in [-0.05, 0) is 57.4 Å². The molecule has 0 unspecified atom stereocenters. The third kappa shape index (κ3) is 5.60. The SMILES string of the molecule is Cc1cc(C(=O)NC2(S(=O)(=O)N[C@H](C(=O)O)C(C)C)C=CC(c3ccccc3)C=C2)n(C(C)(C)C)n1. The largest absolute Gasteiger partial charge is 0.480 e. The van der Waals surface area contributed by atoms with Crippen LogP contribution in [0.3, 0.4) is 0 Å². The number of aliphatic carboxylic acids is 1. The van der Waals surface area contributed by atoms with Crippen molar-refractivity contribution in [2.45, 2.75) is 63.9 Å². The zero-order chi connectivity index (χ0) is 26.9. The molecule has 1 aliphatic rings. The second-order valence-electron chi connectivity index (χ2n) is 10.3. The van der Waals surface area contributed by atoms with Crippen LogP contribution in [-0.4, -0.2) is 46.1 Å². The summed E-state index contributed by atoms with van der Waals surface area (Å²) >= 11 is 0. The predicted molar refractivity (Wildman–Crippen MR) is 138 cm³/mol. The fourth-order valence-corrected chi connectivity index (χ4v) is 5.64. The van der Waals surface area contributed by atoms with E-state index in [0.29, 0.717) is 5.69 Å². The normalized spacial score (nSPS) is 20.9. The molecule has 3 N–H and O–H groups in total. The Morgan fingerprint density at radius 3 is 2.19 bits per heavy atom. The number of sulfonamides is 1. The molecule has 3 rings (SSSR count). The molecule has 9 nitrogen and oxygen atoms in total. The highest BCUT2D eigenvalue weighted by molar-refractivity contribution is 7.91. The summed E-state index contributed by atoms with van der Waals surface area (Å²) in [6.07, 6.45) is 6.17. The molecule has 0 saturated heterocycles. The highest BCUT2D eigenvalue weighted by atomic mass is 32.2. The fourth-order valence-electron chi connectivity index (χ4n) is 3.99. The number of carbonyl (C=O) groups excluding carboxylic acids is 1. The van der Waals surface area contributed by atoms with Gasteiger partial charge < -0.3 is 10.4 Å². The number of nitrogens with one attached hydrogen (secondary N) is 2. The maximum atomic E-state index is 13.7. The van der Waals surface area contributed by atoms with E-state index in [1.54, 1.807) is 43.7 Å². The summed E-state index contributed by atoms with van der Waals surface area (Å²) in [5.74, 6) is -2.69. The predicted octanol–water partition coefficient (Wildman–Crippen LogP) is 3.31. The molecule has 2 aromatic rings. The van der Waals surface area contributed by atoms with Crippen LogP contribution in [-0.2, 0) is 20.4 Å². The number of aryl methyl sites for hydroxylation is 1. The van der Waals surface area contributed by atoms with Crippen LogP contribution < -0.4 is 10.0 Å². The smallest absolute Gasteiger partial charge is 0.321 e. The second kappa shape index (κ2) is 10.0. The lowest BCUT2D eigenvalue weighted by Crippen LogP contribution is -2.60. The quantitative estimate of drug-likeness (QED) is 0.464. The Labute approximate surface area is 212 Å². The van der Waals surface area contributed by atoms with Crippen LogP contribution in [0.4, 0.5) is 0 Å². The molecule has 194 valence electrons. The molecule has 36 heavy (non-hydrogen) atoms. The molecule has 1 aromatic carbocycles. The summed E-state index contributed by atoms with van der Waals surface area (Å²) in [5.41, 5.74) is 1.21. The van der Waals surface area contributed by atoms with Crippen molar-refractivity contribution in [1.29, 1.82) is 0 Å². The second-order valence-corrected chi connectivity index (χ2v) is 12.3. The summed E-state index contributed by atoms with van der Waals surface area (Å²) < 4.78 is 31.3. The molecule has 1 amide bonds. The number of carbonyl (C=O) groups is 2. The summed E-state index contributed by atoms with van der Waals surface area (Å²) in [6.45, 7) is 10.6. The van der Waals surface area contributed by atoms with Crippen molar-refractivity contribution < 1.29 is 23.1 Å². The van der Waals surface area contributed by atoms with Crippen LogP contribution in [0.1, 0.15) is 62.3 Å². The Bertz CT molecular complexity index is 1270. The van der Waals surface area contributed by atoms with Gasteiger partial charge in [0.2, 0.25) is 10.0 Å². The number of benzene rings is 1. The van der Waals surface area contributed by atoms with Gasteiger partial charge >= 0.3 is 5.97 Å². The monoisotopic (exact) mass is 514 g/mol. The number of hydrogen-bond acceptors (Lipinski definition) is 5. The zero-order valence-electron chi connectivity index (χ0n) is 21.4.